The summed E-state index contributed by atoms with van der Waals surface area (Å²) in [5.41, 5.74) is 2.02. The zero-order valence-corrected chi connectivity index (χ0v) is 21.3. The molecule has 2 aliphatic rings. The van der Waals surface area contributed by atoms with Gasteiger partial charge in [-0.05, 0) is 43.9 Å². The number of ether oxygens (including phenoxy) is 2. The van der Waals surface area contributed by atoms with Gasteiger partial charge in [-0.3, -0.25) is 9.59 Å². The quantitative estimate of drug-likeness (QED) is 0.488. The summed E-state index contributed by atoms with van der Waals surface area (Å²) in [7, 11) is 3.21. The van der Waals surface area contributed by atoms with E-state index >= 15 is 0 Å². The Morgan fingerprint density at radius 2 is 1.83 bits per heavy atom. The Bertz CT molecular complexity index is 1250. The second-order valence-electron chi connectivity index (χ2n) is 10.1. The minimum absolute atomic E-state index is 0.0916. The van der Waals surface area contributed by atoms with E-state index in [1.165, 1.54) is 12.8 Å². The number of rotatable bonds is 7. The fourth-order valence-electron chi connectivity index (χ4n) is 5.66. The van der Waals surface area contributed by atoms with Gasteiger partial charge in [0.1, 0.15) is 11.2 Å². The monoisotopic (exact) mass is 493 g/mol. The second kappa shape index (κ2) is 9.91. The Labute approximate surface area is 211 Å². The maximum atomic E-state index is 13.9. The van der Waals surface area contributed by atoms with E-state index in [0.717, 1.165) is 36.8 Å². The molecule has 0 spiro atoms. The van der Waals surface area contributed by atoms with Gasteiger partial charge in [-0.25, -0.2) is 0 Å². The molecule has 5 rings (SSSR count). The van der Waals surface area contributed by atoms with Crippen LogP contribution < -0.4 is 14.8 Å². The van der Waals surface area contributed by atoms with E-state index in [0.29, 0.717) is 42.3 Å². The van der Waals surface area contributed by atoms with Gasteiger partial charge >= 0.3 is 0 Å². The summed E-state index contributed by atoms with van der Waals surface area (Å²) in [6, 6.07) is 9.54. The Hall–Kier alpha value is -3.42. The number of hydrogen-bond acceptors (Lipinski definition) is 5. The molecule has 0 radical (unpaired) electrons. The van der Waals surface area contributed by atoms with E-state index in [1.54, 1.807) is 31.4 Å². The van der Waals surface area contributed by atoms with Crippen molar-refractivity contribution in [3.8, 4) is 11.5 Å². The van der Waals surface area contributed by atoms with Crippen LogP contribution >= 0.6 is 0 Å². The van der Waals surface area contributed by atoms with Crippen LogP contribution in [0.2, 0.25) is 0 Å². The number of methoxy groups -OCH3 is 2. The van der Waals surface area contributed by atoms with Crippen LogP contribution in [-0.4, -0.2) is 53.6 Å². The summed E-state index contributed by atoms with van der Waals surface area (Å²) in [5, 5.41) is 3.31. The van der Waals surface area contributed by atoms with Gasteiger partial charge in [0, 0.05) is 24.7 Å². The number of aromatic nitrogens is 1. The molecule has 8 nitrogen and oxygen atoms in total. The van der Waals surface area contributed by atoms with Gasteiger partial charge in [0.25, 0.3) is 5.91 Å². The molecule has 8 heteroatoms. The molecule has 0 unspecified atom stereocenters. The lowest BCUT2D eigenvalue weighted by Crippen LogP contribution is -2.65. The summed E-state index contributed by atoms with van der Waals surface area (Å²) < 4.78 is 18.3. The maximum Gasteiger partial charge on any atom is 0.271 e. The zero-order valence-electron chi connectivity index (χ0n) is 21.3. The molecule has 0 saturated heterocycles. The third-order valence-electron chi connectivity index (χ3n) is 7.80. The van der Waals surface area contributed by atoms with E-state index in [4.69, 9.17) is 13.9 Å². The van der Waals surface area contributed by atoms with Gasteiger partial charge in [0.05, 0.1) is 32.5 Å². The molecular formula is C28H35N3O5. The van der Waals surface area contributed by atoms with Crippen LogP contribution in [0.3, 0.4) is 0 Å². The van der Waals surface area contributed by atoms with Crippen LogP contribution in [0, 0.1) is 0 Å². The Morgan fingerprint density at radius 1 is 1.08 bits per heavy atom. The molecule has 2 amide bonds. The number of carbonyl (C=O) groups excluding carboxylic acids is 2. The highest BCUT2D eigenvalue weighted by molar-refractivity contribution is 6.02. The fraction of sp³-hybridized carbons (Fsp3) is 0.500. The number of nitrogens with one attached hydrogen (secondary N) is 1. The highest BCUT2D eigenvalue weighted by Gasteiger charge is 2.48. The molecule has 0 bridgehead atoms. The van der Waals surface area contributed by atoms with Crippen LogP contribution in [-0.2, 0) is 17.8 Å². The van der Waals surface area contributed by atoms with Crippen molar-refractivity contribution in [3.05, 3.63) is 47.9 Å². The summed E-state index contributed by atoms with van der Waals surface area (Å²) in [6.07, 6.45) is 8.85. The first kappa shape index (κ1) is 24.3. The van der Waals surface area contributed by atoms with E-state index in [1.807, 2.05) is 35.8 Å². The Morgan fingerprint density at radius 3 is 2.56 bits per heavy atom. The molecule has 1 atom stereocenters. The predicted octanol–water partition coefficient (Wildman–Crippen LogP) is 4.55. The Kier molecular flexibility index (Phi) is 6.69. The number of carbonyl (C=O) groups is 2. The standard InChI is InChI=1S/C28H35N3O5/c1-28(27(33)29-20-8-6-4-5-7-9-20)18-30-21-13-15-36-24(21)17-22(30)26(32)31(28)14-12-19-10-11-23(34-2)25(16-19)35-3/h10-11,13,15-17,20H,4-9,12,14,18H2,1-3H3,(H,29,33)/t28-/m1/s1. The number of fused-ring (bicyclic) bond motifs is 3. The minimum Gasteiger partial charge on any atom is -0.493 e. The van der Waals surface area contributed by atoms with E-state index in [2.05, 4.69) is 5.32 Å². The number of benzene rings is 1. The van der Waals surface area contributed by atoms with Crippen molar-refractivity contribution in [3.63, 3.8) is 0 Å². The zero-order chi connectivity index (χ0) is 25.3. The molecule has 3 heterocycles. The van der Waals surface area contributed by atoms with Crippen molar-refractivity contribution in [2.24, 2.45) is 0 Å². The largest absolute Gasteiger partial charge is 0.493 e. The molecule has 1 N–H and O–H groups in total. The van der Waals surface area contributed by atoms with Crippen molar-refractivity contribution >= 4 is 22.9 Å². The van der Waals surface area contributed by atoms with Gasteiger partial charge in [-0.15, -0.1) is 0 Å². The molecule has 1 aromatic carbocycles. The van der Waals surface area contributed by atoms with Crippen LogP contribution in [0.1, 0.15) is 61.5 Å². The summed E-state index contributed by atoms with van der Waals surface area (Å²) >= 11 is 0. The molecule has 2 aromatic heterocycles. The topological polar surface area (TPSA) is 85.9 Å². The van der Waals surface area contributed by atoms with Gasteiger partial charge in [0.2, 0.25) is 5.91 Å². The maximum absolute atomic E-state index is 13.9. The lowest BCUT2D eigenvalue weighted by Gasteiger charge is -2.44. The third-order valence-corrected chi connectivity index (χ3v) is 7.80. The van der Waals surface area contributed by atoms with E-state index in [9.17, 15) is 9.59 Å². The third kappa shape index (κ3) is 4.33. The molecule has 36 heavy (non-hydrogen) atoms. The van der Waals surface area contributed by atoms with Crippen molar-refractivity contribution < 1.29 is 23.5 Å². The number of nitrogens with zero attached hydrogens (tertiary/aromatic N) is 2. The van der Waals surface area contributed by atoms with E-state index in [-0.39, 0.29) is 17.9 Å². The van der Waals surface area contributed by atoms with Gasteiger partial charge in [-0.1, -0.05) is 31.7 Å². The van der Waals surface area contributed by atoms with Crippen LogP contribution in [0.5, 0.6) is 11.5 Å². The SMILES string of the molecule is COc1ccc(CCN2C(=O)c3cc4occc4n3C[C@]2(C)C(=O)NC2CCCCCC2)cc1OC. The minimum atomic E-state index is -1.03. The lowest BCUT2D eigenvalue weighted by atomic mass is 9.93. The molecule has 1 aliphatic carbocycles. The van der Waals surface area contributed by atoms with Gasteiger partial charge in [0.15, 0.2) is 17.1 Å². The normalized spacial score (nSPS) is 20.8. The van der Waals surface area contributed by atoms with Crippen molar-refractivity contribution in [1.29, 1.82) is 0 Å². The van der Waals surface area contributed by atoms with Crippen LogP contribution in [0.15, 0.2) is 41.0 Å². The molecule has 3 aromatic rings. The molecule has 1 aliphatic heterocycles. The molecule has 1 fully saturated rings. The number of furan rings is 1. The van der Waals surface area contributed by atoms with E-state index < -0.39 is 5.54 Å². The van der Waals surface area contributed by atoms with Crippen molar-refractivity contribution in [1.82, 2.24) is 14.8 Å². The average molecular weight is 494 g/mol. The highest BCUT2D eigenvalue weighted by Crippen LogP contribution is 2.34. The first-order valence-electron chi connectivity index (χ1n) is 12.8. The molecule has 1 saturated carbocycles. The van der Waals surface area contributed by atoms with Gasteiger partial charge in [-0.2, -0.15) is 0 Å². The van der Waals surface area contributed by atoms with Crippen LogP contribution in [0.4, 0.5) is 0 Å². The lowest BCUT2D eigenvalue weighted by molar-refractivity contribution is -0.133. The number of amides is 2. The summed E-state index contributed by atoms with van der Waals surface area (Å²) in [5.74, 6) is 1.05. The highest BCUT2D eigenvalue weighted by atomic mass is 16.5. The first-order valence-corrected chi connectivity index (χ1v) is 12.8. The van der Waals surface area contributed by atoms with Crippen LogP contribution in [0.25, 0.3) is 11.1 Å². The fourth-order valence-corrected chi connectivity index (χ4v) is 5.66. The van der Waals surface area contributed by atoms with Crippen molar-refractivity contribution in [2.75, 3.05) is 20.8 Å². The average Bonchev–Trinajstić information content (AvgIpc) is 3.38. The molecular weight excluding hydrogens is 458 g/mol. The summed E-state index contributed by atoms with van der Waals surface area (Å²) in [4.78, 5) is 29.5. The van der Waals surface area contributed by atoms with Crippen molar-refractivity contribution in [2.45, 2.75) is 70.0 Å². The predicted molar refractivity (Wildman–Crippen MR) is 137 cm³/mol. The van der Waals surface area contributed by atoms with Gasteiger partial charge < -0.3 is 28.7 Å². The first-order chi connectivity index (χ1) is 17.4. The second-order valence-corrected chi connectivity index (χ2v) is 10.1. The smallest absolute Gasteiger partial charge is 0.271 e. The number of hydrogen-bond donors (Lipinski definition) is 1. The Balaban J connectivity index is 1.45. The molecule has 192 valence electrons. The summed E-state index contributed by atoms with van der Waals surface area (Å²) in [6.45, 7) is 2.66.